The van der Waals surface area contributed by atoms with E-state index >= 15 is 0 Å². The van der Waals surface area contributed by atoms with Crippen LogP contribution in [0.2, 0.25) is 5.15 Å². The second kappa shape index (κ2) is 5.96. The van der Waals surface area contributed by atoms with Gasteiger partial charge in [-0.05, 0) is 31.0 Å². The van der Waals surface area contributed by atoms with Gasteiger partial charge in [0.15, 0.2) is 5.15 Å². The molecule has 2 rings (SSSR count). The lowest BCUT2D eigenvalue weighted by Crippen LogP contribution is -2.17. The van der Waals surface area contributed by atoms with E-state index in [1.165, 1.54) is 0 Å². The molecule has 2 aromatic rings. The molecule has 0 fully saturated rings. The largest absolute Gasteiger partial charge is 0.397 e. The zero-order chi connectivity index (χ0) is 14.7. The molecule has 0 atom stereocenters. The molecule has 106 valence electrons. The predicted molar refractivity (Wildman–Crippen MR) is 81.1 cm³/mol. The summed E-state index contributed by atoms with van der Waals surface area (Å²) in [4.78, 5) is 16.3. The van der Waals surface area contributed by atoms with E-state index in [-0.39, 0.29) is 11.1 Å². The second-order valence-corrected chi connectivity index (χ2v) is 5.02. The highest BCUT2D eigenvalue weighted by molar-refractivity contribution is 6.32. The predicted octanol–water partition coefficient (Wildman–Crippen LogP) is 3.09. The maximum atomic E-state index is 12.3. The van der Waals surface area contributed by atoms with Crippen molar-refractivity contribution in [3.8, 4) is 0 Å². The molecule has 0 aliphatic carbocycles. The van der Waals surface area contributed by atoms with E-state index in [0.717, 1.165) is 18.5 Å². The number of nitrogens with two attached hydrogens (primary N) is 1. The molecule has 2 heterocycles. The average Bonchev–Trinajstić information content (AvgIpc) is 2.75. The van der Waals surface area contributed by atoms with Crippen LogP contribution < -0.4 is 11.1 Å². The summed E-state index contributed by atoms with van der Waals surface area (Å²) in [5.41, 5.74) is 8.26. The molecule has 0 unspecified atom stereocenters. The molecule has 0 saturated heterocycles. The summed E-state index contributed by atoms with van der Waals surface area (Å²) in [5.74, 6) is -0.246. The van der Waals surface area contributed by atoms with E-state index in [4.69, 9.17) is 17.3 Å². The number of anilines is 2. The van der Waals surface area contributed by atoms with Gasteiger partial charge in [0, 0.05) is 18.9 Å². The van der Waals surface area contributed by atoms with Crippen LogP contribution in [0.1, 0.15) is 29.4 Å². The van der Waals surface area contributed by atoms with Gasteiger partial charge in [-0.3, -0.25) is 4.79 Å². The van der Waals surface area contributed by atoms with Crippen LogP contribution in [0.15, 0.2) is 24.5 Å². The lowest BCUT2D eigenvalue weighted by Gasteiger charge is -2.10. The molecule has 0 saturated carbocycles. The third kappa shape index (κ3) is 3.11. The van der Waals surface area contributed by atoms with Crippen molar-refractivity contribution in [1.82, 2.24) is 9.55 Å². The fourth-order valence-electron chi connectivity index (χ4n) is 1.98. The Hall–Kier alpha value is -2.01. The van der Waals surface area contributed by atoms with Crippen LogP contribution in [-0.2, 0) is 6.54 Å². The van der Waals surface area contributed by atoms with Crippen molar-refractivity contribution in [2.45, 2.75) is 26.8 Å². The number of carbonyl (C=O) groups excluding carboxylic acids is 1. The molecule has 0 bridgehead atoms. The molecule has 3 N–H and O–H groups in total. The zero-order valence-corrected chi connectivity index (χ0v) is 12.2. The smallest absolute Gasteiger partial charge is 0.272 e. The summed E-state index contributed by atoms with van der Waals surface area (Å²) in [7, 11) is 0. The van der Waals surface area contributed by atoms with Crippen LogP contribution >= 0.6 is 11.6 Å². The summed E-state index contributed by atoms with van der Waals surface area (Å²) in [6, 6.07) is 3.44. The highest BCUT2D eigenvalue weighted by atomic mass is 35.5. The Kier molecular flexibility index (Phi) is 4.29. The minimum atomic E-state index is -0.246. The highest BCUT2D eigenvalue weighted by Gasteiger charge is 2.14. The number of nitrogen functional groups attached to an aromatic ring is 1. The lowest BCUT2D eigenvalue weighted by molar-refractivity contribution is 0.101. The van der Waals surface area contributed by atoms with Crippen LogP contribution in [0, 0.1) is 6.92 Å². The number of nitrogens with one attached hydrogen (secondary N) is 1. The minimum Gasteiger partial charge on any atom is -0.397 e. The van der Waals surface area contributed by atoms with Gasteiger partial charge in [0.2, 0.25) is 0 Å². The molecule has 0 aromatic carbocycles. The van der Waals surface area contributed by atoms with Crippen molar-refractivity contribution in [2.75, 3.05) is 11.1 Å². The number of rotatable bonds is 4. The van der Waals surface area contributed by atoms with Crippen LogP contribution in [0.4, 0.5) is 11.4 Å². The summed E-state index contributed by atoms with van der Waals surface area (Å²) >= 11 is 5.98. The SMILES string of the molecule is CCCn1cc(N)cc1C(=O)Nc1cc(C)cnc1Cl. The number of amides is 1. The van der Waals surface area contributed by atoms with E-state index in [1.807, 2.05) is 18.4 Å². The number of aryl methyl sites for hydroxylation is 2. The Morgan fingerprint density at radius 2 is 2.25 bits per heavy atom. The molecular weight excluding hydrogens is 276 g/mol. The number of hydrogen-bond acceptors (Lipinski definition) is 3. The van der Waals surface area contributed by atoms with Crippen LogP contribution in [0.25, 0.3) is 0 Å². The van der Waals surface area contributed by atoms with Crippen molar-refractivity contribution >= 4 is 28.9 Å². The van der Waals surface area contributed by atoms with Crippen molar-refractivity contribution < 1.29 is 4.79 Å². The van der Waals surface area contributed by atoms with Gasteiger partial charge < -0.3 is 15.6 Å². The first kappa shape index (κ1) is 14.4. The molecule has 0 aliphatic heterocycles. The van der Waals surface area contributed by atoms with Crippen molar-refractivity contribution in [2.24, 2.45) is 0 Å². The number of carbonyl (C=O) groups is 1. The van der Waals surface area contributed by atoms with Gasteiger partial charge >= 0.3 is 0 Å². The Morgan fingerprint density at radius 1 is 1.50 bits per heavy atom. The molecule has 2 aromatic heterocycles. The molecule has 0 radical (unpaired) electrons. The molecule has 20 heavy (non-hydrogen) atoms. The van der Waals surface area contributed by atoms with Crippen LogP contribution in [-0.4, -0.2) is 15.5 Å². The normalized spacial score (nSPS) is 10.6. The Bertz CT molecular complexity index is 636. The van der Waals surface area contributed by atoms with Gasteiger partial charge in [-0.25, -0.2) is 4.98 Å². The molecule has 0 spiro atoms. The van der Waals surface area contributed by atoms with Crippen molar-refractivity contribution in [3.63, 3.8) is 0 Å². The van der Waals surface area contributed by atoms with E-state index in [2.05, 4.69) is 10.3 Å². The maximum Gasteiger partial charge on any atom is 0.272 e. The molecule has 1 amide bonds. The first-order chi connectivity index (χ1) is 9.51. The minimum absolute atomic E-state index is 0.246. The molecule has 6 heteroatoms. The lowest BCUT2D eigenvalue weighted by atomic mass is 10.3. The monoisotopic (exact) mass is 292 g/mol. The quantitative estimate of drug-likeness (QED) is 0.851. The number of hydrogen-bond donors (Lipinski definition) is 2. The Labute approximate surface area is 122 Å². The van der Waals surface area contributed by atoms with E-state index in [1.54, 1.807) is 24.5 Å². The fraction of sp³-hybridized carbons (Fsp3) is 0.286. The van der Waals surface area contributed by atoms with Crippen molar-refractivity contribution in [3.05, 3.63) is 40.9 Å². The van der Waals surface area contributed by atoms with E-state index in [9.17, 15) is 4.79 Å². The molecule has 5 nitrogen and oxygen atoms in total. The second-order valence-electron chi connectivity index (χ2n) is 4.66. The third-order valence-electron chi connectivity index (χ3n) is 2.84. The number of nitrogens with zero attached hydrogens (tertiary/aromatic N) is 2. The Morgan fingerprint density at radius 3 is 2.95 bits per heavy atom. The van der Waals surface area contributed by atoms with Crippen LogP contribution in [0.3, 0.4) is 0 Å². The number of aromatic nitrogens is 2. The van der Waals surface area contributed by atoms with E-state index in [0.29, 0.717) is 17.1 Å². The summed E-state index contributed by atoms with van der Waals surface area (Å²) in [6.45, 7) is 4.66. The van der Waals surface area contributed by atoms with Gasteiger partial charge in [-0.15, -0.1) is 0 Å². The number of halogens is 1. The first-order valence-electron chi connectivity index (χ1n) is 6.40. The zero-order valence-electron chi connectivity index (χ0n) is 11.5. The standard InChI is InChI=1S/C14H17ClN4O/c1-3-4-19-8-10(16)6-12(19)14(20)18-11-5-9(2)7-17-13(11)15/h5-8H,3-4,16H2,1-2H3,(H,18,20). The summed E-state index contributed by atoms with van der Waals surface area (Å²) in [6.07, 6.45) is 4.32. The summed E-state index contributed by atoms with van der Waals surface area (Å²) in [5, 5.41) is 3.04. The molecular formula is C14H17ClN4O. The average molecular weight is 293 g/mol. The molecule has 0 aliphatic rings. The van der Waals surface area contributed by atoms with Gasteiger partial charge in [0.25, 0.3) is 5.91 Å². The highest BCUT2D eigenvalue weighted by Crippen LogP contribution is 2.21. The first-order valence-corrected chi connectivity index (χ1v) is 6.78. The maximum absolute atomic E-state index is 12.3. The van der Waals surface area contributed by atoms with Crippen molar-refractivity contribution in [1.29, 1.82) is 0 Å². The van der Waals surface area contributed by atoms with Gasteiger partial charge in [-0.2, -0.15) is 0 Å². The van der Waals surface area contributed by atoms with Gasteiger partial charge in [0.05, 0.1) is 11.4 Å². The summed E-state index contributed by atoms with van der Waals surface area (Å²) < 4.78 is 1.84. The van der Waals surface area contributed by atoms with Crippen LogP contribution in [0.5, 0.6) is 0 Å². The van der Waals surface area contributed by atoms with Gasteiger partial charge in [-0.1, -0.05) is 18.5 Å². The Balaban J connectivity index is 2.26. The topological polar surface area (TPSA) is 72.9 Å². The fourth-order valence-corrected chi connectivity index (χ4v) is 2.13. The number of pyridine rings is 1. The van der Waals surface area contributed by atoms with E-state index < -0.39 is 0 Å². The van der Waals surface area contributed by atoms with Gasteiger partial charge in [0.1, 0.15) is 5.69 Å². The third-order valence-corrected chi connectivity index (χ3v) is 3.14.